The van der Waals surface area contributed by atoms with Gasteiger partial charge in [-0.2, -0.15) is 10.5 Å². The lowest BCUT2D eigenvalue weighted by Gasteiger charge is -2.13. The normalized spacial score (nSPS) is 11.4. The maximum atomic E-state index is 9.50. The van der Waals surface area contributed by atoms with Gasteiger partial charge in [-0.05, 0) is 78.9 Å². The van der Waals surface area contributed by atoms with E-state index in [1.54, 1.807) is 24.3 Å². The molecule has 0 amide bonds. The number of benzene rings is 7. The summed E-state index contributed by atoms with van der Waals surface area (Å²) in [5, 5.41) is 33.0. The van der Waals surface area contributed by atoms with Crippen LogP contribution in [0.3, 0.4) is 0 Å². The first-order valence-corrected chi connectivity index (χ1v) is 17.3. The molecule has 0 atom stereocenters. The molecule has 0 aliphatic carbocycles. The van der Waals surface area contributed by atoms with Crippen LogP contribution in [0.4, 0.5) is 0 Å². The standard InChI is InChI=1S/C46H27N7/c47-28-30-19-23-32(24-20-30)45-46(53(50-49-45)33-25-21-31(29-48)22-26-33)39-14-8-18-43-44(39)38-13-3-6-17-42(38)52(43)35-10-7-9-34(27-35)51-40-15-4-1-11-36(40)37-12-2-5-16-41(37)51/h1-27H. The van der Waals surface area contributed by atoms with Crippen LogP contribution >= 0.6 is 0 Å². The number of nitriles is 2. The van der Waals surface area contributed by atoms with Gasteiger partial charge in [0.2, 0.25) is 0 Å². The van der Waals surface area contributed by atoms with E-state index in [2.05, 4.69) is 142 Å². The maximum absolute atomic E-state index is 9.50. The van der Waals surface area contributed by atoms with Crippen LogP contribution in [0.5, 0.6) is 0 Å². The fraction of sp³-hybridized carbons (Fsp3) is 0. The van der Waals surface area contributed by atoms with Crippen LogP contribution in [0.15, 0.2) is 164 Å². The van der Waals surface area contributed by atoms with Gasteiger partial charge in [-0.15, -0.1) is 5.10 Å². The van der Waals surface area contributed by atoms with E-state index in [0.29, 0.717) is 16.8 Å². The van der Waals surface area contributed by atoms with Gasteiger partial charge in [0.05, 0.1) is 51.0 Å². The molecule has 0 fully saturated rings. The van der Waals surface area contributed by atoms with E-state index in [4.69, 9.17) is 5.10 Å². The number of rotatable bonds is 5. The molecule has 0 saturated carbocycles. The molecule has 0 unspecified atom stereocenters. The highest BCUT2D eigenvalue weighted by Gasteiger charge is 2.24. The molecule has 53 heavy (non-hydrogen) atoms. The smallest absolute Gasteiger partial charge is 0.121 e. The summed E-state index contributed by atoms with van der Waals surface area (Å²) in [6.07, 6.45) is 0. The second-order valence-electron chi connectivity index (χ2n) is 13.0. The number of nitrogens with zero attached hydrogens (tertiary/aromatic N) is 7. The lowest BCUT2D eigenvalue weighted by atomic mass is 9.99. The summed E-state index contributed by atoms with van der Waals surface area (Å²) in [4.78, 5) is 0. The van der Waals surface area contributed by atoms with Crippen LogP contribution in [0.25, 0.3) is 83.2 Å². The molecule has 246 valence electrons. The van der Waals surface area contributed by atoms with Gasteiger partial charge in [0.25, 0.3) is 0 Å². The van der Waals surface area contributed by atoms with Crippen LogP contribution < -0.4 is 0 Å². The quantitative estimate of drug-likeness (QED) is 0.181. The topological polar surface area (TPSA) is 88.2 Å². The van der Waals surface area contributed by atoms with Gasteiger partial charge in [0.1, 0.15) is 11.4 Å². The predicted octanol–water partition coefficient (Wildman–Crippen LogP) is 10.5. The fourth-order valence-electron chi connectivity index (χ4n) is 7.75. The van der Waals surface area contributed by atoms with E-state index in [1.807, 2.05) is 28.9 Å². The van der Waals surface area contributed by atoms with Crippen molar-refractivity contribution in [1.82, 2.24) is 24.1 Å². The molecule has 10 aromatic rings. The van der Waals surface area contributed by atoms with Crippen molar-refractivity contribution in [3.05, 3.63) is 175 Å². The van der Waals surface area contributed by atoms with Crippen LogP contribution in [0, 0.1) is 22.7 Å². The Hall–Kier alpha value is -7.74. The number of aromatic nitrogens is 5. The van der Waals surface area contributed by atoms with Crippen LogP contribution in [-0.4, -0.2) is 24.1 Å². The molecule has 3 aromatic heterocycles. The van der Waals surface area contributed by atoms with Crippen LogP contribution in [-0.2, 0) is 0 Å². The monoisotopic (exact) mass is 677 g/mol. The summed E-state index contributed by atoms with van der Waals surface area (Å²) < 4.78 is 6.53. The SMILES string of the molecule is N#Cc1ccc(-c2nnn(-c3ccc(C#N)cc3)c2-c2cccc3c2c2ccccc2n3-c2cccc(-n3c4ccccc4c4ccccc43)c2)cc1. The Kier molecular flexibility index (Phi) is 6.79. The molecule has 0 aliphatic rings. The minimum atomic E-state index is 0.566. The second-order valence-corrected chi connectivity index (χ2v) is 13.0. The van der Waals surface area contributed by atoms with Crippen molar-refractivity contribution in [2.75, 3.05) is 0 Å². The average molecular weight is 678 g/mol. The largest absolute Gasteiger partial charge is 0.309 e. The average Bonchev–Trinajstić information content (AvgIpc) is 3.92. The molecule has 0 N–H and O–H groups in total. The second kappa shape index (κ2) is 11.9. The van der Waals surface area contributed by atoms with Crippen LogP contribution in [0.1, 0.15) is 11.1 Å². The van der Waals surface area contributed by atoms with E-state index in [9.17, 15) is 10.5 Å². The number of hydrogen-bond donors (Lipinski definition) is 0. The van der Waals surface area contributed by atoms with Crippen molar-refractivity contribution in [2.24, 2.45) is 0 Å². The summed E-state index contributed by atoms with van der Waals surface area (Å²) in [5.74, 6) is 0. The molecule has 7 aromatic carbocycles. The van der Waals surface area contributed by atoms with Crippen molar-refractivity contribution in [1.29, 1.82) is 10.5 Å². The molecular formula is C46H27N7. The van der Waals surface area contributed by atoms with Gasteiger partial charge in [-0.25, -0.2) is 4.68 Å². The molecule has 0 bridgehead atoms. The summed E-state index contributed by atoms with van der Waals surface area (Å²) in [5.41, 5.74) is 11.8. The highest BCUT2D eigenvalue weighted by atomic mass is 15.4. The Labute approximate surface area is 304 Å². The van der Waals surface area contributed by atoms with Crippen molar-refractivity contribution < 1.29 is 0 Å². The van der Waals surface area contributed by atoms with E-state index in [0.717, 1.165) is 66.7 Å². The highest BCUT2D eigenvalue weighted by Crippen LogP contribution is 2.42. The Morgan fingerprint density at radius 2 is 0.962 bits per heavy atom. The molecule has 7 heteroatoms. The molecule has 3 heterocycles. The third-order valence-electron chi connectivity index (χ3n) is 10.1. The van der Waals surface area contributed by atoms with Crippen LogP contribution in [0.2, 0.25) is 0 Å². The molecule has 0 radical (unpaired) electrons. The Morgan fingerprint density at radius 3 is 1.58 bits per heavy atom. The van der Waals surface area contributed by atoms with Crippen molar-refractivity contribution in [3.63, 3.8) is 0 Å². The van der Waals surface area contributed by atoms with E-state index in [1.165, 1.54) is 10.8 Å². The lowest BCUT2D eigenvalue weighted by Crippen LogP contribution is -2.00. The molecule has 0 spiro atoms. The summed E-state index contributed by atoms with van der Waals surface area (Å²) in [6.45, 7) is 0. The Bertz CT molecular complexity index is 3000. The minimum absolute atomic E-state index is 0.566. The third-order valence-corrected chi connectivity index (χ3v) is 10.1. The zero-order valence-corrected chi connectivity index (χ0v) is 28.2. The van der Waals surface area contributed by atoms with Gasteiger partial charge >= 0.3 is 0 Å². The molecule has 7 nitrogen and oxygen atoms in total. The molecule has 0 aliphatic heterocycles. The minimum Gasteiger partial charge on any atom is -0.309 e. The highest BCUT2D eigenvalue weighted by molar-refractivity contribution is 6.16. The molecule has 10 rings (SSSR count). The van der Waals surface area contributed by atoms with Gasteiger partial charge < -0.3 is 9.13 Å². The summed E-state index contributed by atoms with van der Waals surface area (Å²) in [6, 6.07) is 60.0. The zero-order valence-electron chi connectivity index (χ0n) is 28.2. The number of hydrogen-bond acceptors (Lipinski definition) is 4. The van der Waals surface area contributed by atoms with Crippen molar-refractivity contribution in [2.45, 2.75) is 0 Å². The van der Waals surface area contributed by atoms with Gasteiger partial charge in [-0.3, -0.25) is 0 Å². The first-order valence-electron chi connectivity index (χ1n) is 17.3. The van der Waals surface area contributed by atoms with Crippen molar-refractivity contribution >= 4 is 43.6 Å². The first-order chi connectivity index (χ1) is 26.2. The predicted molar refractivity (Wildman–Crippen MR) is 210 cm³/mol. The number of fused-ring (bicyclic) bond motifs is 6. The summed E-state index contributed by atoms with van der Waals surface area (Å²) in [7, 11) is 0. The fourth-order valence-corrected chi connectivity index (χ4v) is 7.75. The van der Waals surface area contributed by atoms with Gasteiger partial charge in [0, 0.05) is 44.0 Å². The number of para-hydroxylation sites is 3. The first kappa shape index (κ1) is 30.1. The molecular weight excluding hydrogens is 651 g/mol. The Balaban J connectivity index is 1.24. The van der Waals surface area contributed by atoms with Crippen molar-refractivity contribution in [3.8, 4) is 51.7 Å². The Morgan fingerprint density at radius 1 is 0.453 bits per heavy atom. The summed E-state index contributed by atoms with van der Waals surface area (Å²) >= 11 is 0. The zero-order chi connectivity index (χ0) is 35.5. The van der Waals surface area contributed by atoms with E-state index < -0.39 is 0 Å². The maximum Gasteiger partial charge on any atom is 0.121 e. The molecule has 0 saturated heterocycles. The van der Waals surface area contributed by atoms with Gasteiger partial charge in [-0.1, -0.05) is 90.1 Å². The third kappa shape index (κ3) is 4.66. The lowest BCUT2D eigenvalue weighted by molar-refractivity contribution is 0.809. The van der Waals surface area contributed by atoms with Gasteiger partial charge in [0.15, 0.2) is 0 Å². The van der Waals surface area contributed by atoms with E-state index >= 15 is 0 Å². The van der Waals surface area contributed by atoms with E-state index in [-0.39, 0.29) is 0 Å².